The molecule has 1 aromatic carbocycles. The van der Waals surface area contributed by atoms with E-state index in [9.17, 15) is 9.18 Å². The van der Waals surface area contributed by atoms with Crippen molar-refractivity contribution in [3.05, 3.63) is 41.6 Å². The molecule has 1 aliphatic heterocycles. The van der Waals surface area contributed by atoms with E-state index in [2.05, 4.69) is 35.9 Å². The maximum Gasteiger partial charge on any atom is 0.317 e. The highest BCUT2D eigenvalue weighted by atomic mass is 35.5. The second-order valence-corrected chi connectivity index (χ2v) is 7.42. The van der Waals surface area contributed by atoms with Crippen LogP contribution in [0.2, 0.25) is 5.02 Å². The lowest BCUT2D eigenvalue weighted by Gasteiger charge is -2.26. The van der Waals surface area contributed by atoms with E-state index in [4.69, 9.17) is 16.3 Å². The summed E-state index contributed by atoms with van der Waals surface area (Å²) >= 11 is 5.85. The Bertz CT molecular complexity index is 1100. The van der Waals surface area contributed by atoms with Crippen LogP contribution in [-0.2, 0) is 4.74 Å². The number of ether oxygens (including phenoxy) is 1. The van der Waals surface area contributed by atoms with Crippen LogP contribution in [0.4, 0.5) is 26.6 Å². The summed E-state index contributed by atoms with van der Waals surface area (Å²) in [6.45, 7) is 3.46. The molecule has 1 fully saturated rings. The lowest BCUT2D eigenvalue weighted by molar-refractivity contribution is 0.0532. The highest BCUT2D eigenvalue weighted by molar-refractivity contribution is 6.31. The van der Waals surface area contributed by atoms with Crippen LogP contribution in [-0.4, -0.2) is 70.3 Å². The van der Waals surface area contributed by atoms with Crippen LogP contribution >= 0.6 is 11.6 Å². The number of aromatic nitrogens is 4. The zero-order valence-corrected chi connectivity index (χ0v) is 17.9. The van der Waals surface area contributed by atoms with Gasteiger partial charge in [-0.05, 0) is 24.6 Å². The molecule has 1 saturated heterocycles. The van der Waals surface area contributed by atoms with Gasteiger partial charge in [-0.1, -0.05) is 11.6 Å². The third-order valence-corrected chi connectivity index (χ3v) is 5.06. The van der Waals surface area contributed by atoms with Gasteiger partial charge in [-0.3, -0.25) is 0 Å². The molecule has 0 saturated carbocycles. The van der Waals surface area contributed by atoms with Gasteiger partial charge in [-0.25, -0.2) is 29.1 Å². The summed E-state index contributed by atoms with van der Waals surface area (Å²) < 4.78 is 18.7. The number of nitrogens with zero attached hydrogens (tertiary/aromatic N) is 5. The van der Waals surface area contributed by atoms with E-state index < -0.39 is 5.82 Å². The quantitative estimate of drug-likeness (QED) is 0.461. The molecule has 3 aromatic rings. The first-order chi connectivity index (χ1) is 15.6. The molecular weight excluding hydrogens is 439 g/mol. The monoisotopic (exact) mass is 460 g/mol. The molecule has 0 atom stereocenters. The van der Waals surface area contributed by atoms with Gasteiger partial charge in [0.25, 0.3) is 0 Å². The van der Waals surface area contributed by atoms with Gasteiger partial charge in [-0.15, -0.1) is 0 Å². The Kier molecular flexibility index (Phi) is 7.07. The summed E-state index contributed by atoms with van der Waals surface area (Å²) in [4.78, 5) is 31.0. The van der Waals surface area contributed by atoms with Crippen LogP contribution < -0.4 is 16.0 Å². The summed E-state index contributed by atoms with van der Waals surface area (Å²) in [5.41, 5.74) is 1.63. The van der Waals surface area contributed by atoms with Gasteiger partial charge in [0.1, 0.15) is 23.2 Å². The second kappa shape index (κ2) is 10.3. The van der Waals surface area contributed by atoms with E-state index in [0.29, 0.717) is 74.3 Å². The molecule has 0 radical (unpaired) electrons. The maximum atomic E-state index is 13.4. The van der Waals surface area contributed by atoms with Gasteiger partial charge >= 0.3 is 6.03 Å². The molecule has 4 rings (SSSR count). The molecule has 0 bridgehead atoms. The largest absolute Gasteiger partial charge is 0.378 e. The molecule has 1 aliphatic rings. The predicted octanol–water partition coefficient (Wildman–Crippen LogP) is 2.80. The van der Waals surface area contributed by atoms with Crippen molar-refractivity contribution in [2.24, 2.45) is 0 Å². The Balaban J connectivity index is 1.34. The summed E-state index contributed by atoms with van der Waals surface area (Å²) in [7, 11) is 0. The molecule has 0 aliphatic carbocycles. The minimum Gasteiger partial charge on any atom is -0.378 e. The number of hydrogen-bond donors (Lipinski definition) is 3. The van der Waals surface area contributed by atoms with Gasteiger partial charge in [0, 0.05) is 31.9 Å². The number of fused-ring (bicyclic) bond motifs is 1. The number of anilines is 3. The van der Waals surface area contributed by atoms with E-state index in [0.717, 1.165) is 0 Å². The van der Waals surface area contributed by atoms with Crippen molar-refractivity contribution < 1.29 is 13.9 Å². The minimum absolute atomic E-state index is 0.00561. The van der Waals surface area contributed by atoms with E-state index in [1.807, 2.05) is 0 Å². The molecule has 2 aromatic heterocycles. The van der Waals surface area contributed by atoms with E-state index in [1.54, 1.807) is 17.2 Å². The first kappa shape index (κ1) is 21.9. The van der Waals surface area contributed by atoms with Gasteiger partial charge in [0.15, 0.2) is 5.82 Å². The molecular formula is C20H22ClFN8O2. The van der Waals surface area contributed by atoms with Crippen molar-refractivity contribution in [1.29, 1.82) is 0 Å². The average molecular weight is 461 g/mol. The summed E-state index contributed by atoms with van der Waals surface area (Å²) in [5, 5.41) is 9.12. The SMILES string of the molecule is O=C(NCCCNc1ncc2ncnc(Nc3ccc(F)c(Cl)c3)c2n1)N1CCOCC1. The lowest BCUT2D eigenvalue weighted by atomic mass is 10.3. The predicted molar refractivity (Wildman–Crippen MR) is 119 cm³/mol. The van der Waals surface area contributed by atoms with Crippen LogP contribution in [0.15, 0.2) is 30.7 Å². The highest BCUT2D eigenvalue weighted by Gasteiger charge is 2.15. The van der Waals surface area contributed by atoms with Gasteiger partial charge < -0.3 is 25.6 Å². The number of carbonyl (C=O) groups excluding carboxylic acids is 1. The Morgan fingerprint density at radius 2 is 2.03 bits per heavy atom. The van der Waals surface area contributed by atoms with E-state index in [-0.39, 0.29) is 11.1 Å². The van der Waals surface area contributed by atoms with Crippen LogP contribution in [0.3, 0.4) is 0 Å². The van der Waals surface area contributed by atoms with Gasteiger partial charge in [0.05, 0.1) is 24.4 Å². The number of nitrogens with one attached hydrogen (secondary N) is 3. The third kappa shape index (κ3) is 5.48. The molecule has 12 heteroatoms. The van der Waals surface area contributed by atoms with Crippen LogP contribution in [0.1, 0.15) is 6.42 Å². The number of morpholine rings is 1. The summed E-state index contributed by atoms with van der Waals surface area (Å²) in [6, 6.07) is 4.22. The smallest absolute Gasteiger partial charge is 0.317 e. The Morgan fingerprint density at radius 1 is 1.19 bits per heavy atom. The fourth-order valence-electron chi connectivity index (χ4n) is 3.10. The Labute approximate surface area is 188 Å². The standard InChI is InChI=1S/C20H22ClFN8O2/c21-14-10-13(2-3-15(14)22)28-18-17-16(26-12-27-18)11-25-19(29-17)23-4-1-5-24-20(31)30-6-8-32-9-7-30/h2-3,10-12H,1,4-9H2,(H,24,31)(H,23,25,29)(H,26,27,28). The number of rotatable bonds is 7. The number of hydrogen-bond acceptors (Lipinski definition) is 8. The van der Waals surface area contributed by atoms with Crippen molar-refractivity contribution in [3.63, 3.8) is 0 Å². The number of halogens is 2. The Morgan fingerprint density at radius 3 is 2.84 bits per heavy atom. The fourth-order valence-corrected chi connectivity index (χ4v) is 3.28. The first-order valence-electron chi connectivity index (χ1n) is 10.1. The first-order valence-corrected chi connectivity index (χ1v) is 10.5. The molecule has 3 N–H and O–H groups in total. The lowest BCUT2D eigenvalue weighted by Crippen LogP contribution is -2.46. The highest BCUT2D eigenvalue weighted by Crippen LogP contribution is 2.25. The van der Waals surface area contributed by atoms with Crippen molar-refractivity contribution in [1.82, 2.24) is 30.2 Å². The zero-order chi connectivity index (χ0) is 22.3. The molecule has 168 valence electrons. The van der Waals surface area contributed by atoms with E-state index >= 15 is 0 Å². The normalized spacial score (nSPS) is 13.8. The second-order valence-electron chi connectivity index (χ2n) is 7.02. The summed E-state index contributed by atoms with van der Waals surface area (Å²) in [5.74, 6) is 0.354. The molecule has 2 amide bonds. The Hall–Kier alpha value is -3.31. The number of amides is 2. The molecule has 10 nitrogen and oxygen atoms in total. The van der Waals surface area contributed by atoms with Crippen molar-refractivity contribution in [3.8, 4) is 0 Å². The molecule has 3 heterocycles. The average Bonchev–Trinajstić information content (AvgIpc) is 2.82. The molecule has 0 unspecified atom stereocenters. The van der Waals surface area contributed by atoms with Crippen LogP contribution in [0.25, 0.3) is 11.0 Å². The van der Waals surface area contributed by atoms with Gasteiger partial charge in [-0.2, -0.15) is 0 Å². The maximum absolute atomic E-state index is 13.4. The van der Waals surface area contributed by atoms with Crippen LogP contribution in [0.5, 0.6) is 0 Å². The van der Waals surface area contributed by atoms with Crippen molar-refractivity contribution >= 4 is 46.1 Å². The third-order valence-electron chi connectivity index (χ3n) is 4.77. The van der Waals surface area contributed by atoms with Crippen LogP contribution in [0, 0.1) is 5.82 Å². The topological polar surface area (TPSA) is 117 Å². The molecule has 0 spiro atoms. The number of carbonyl (C=O) groups is 1. The summed E-state index contributed by atoms with van der Waals surface area (Å²) in [6.07, 6.45) is 3.68. The van der Waals surface area contributed by atoms with Crippen molar-refractivity contribution in [2.75, 3.05) is 50.0 Å². The van der Waals surface area contributed by atoms with Crippen molar-refractivity contribution in [2.45, 2.75) is 6.42 Å². The fraction of sp³-hybridized carbons (Fsp3) is 0.350. The van der Waals surface area contributed by atoms with E-state index in [1.165, 1.54) is 18.5 Å². The zero-order valence-electron chi connectivity index (χ0n) is 17.1. The van der Waals surface area contributed by atoms with Gasteiger partial charge in [0.2, 0.25) is 5.95 Å². The number of urea groups is 1. The minimum atomic E-state index is -0.500. The number of benzene rings is 1. The molecule has 32 heavy (non-hydrogen) atoms.